The van der Waals surface area contributed by atoms with E-state index in [9.17, 15) is 0 Å². The van der Waals surface area contributed by atoms with Crippen LogP contribution < -0.4 is 10.7 Å². The maximum atomic E-state index is 6.02. The van der Waals surface area contributed by atoms with Crippen LogP contribution in [0.2, 0.25) is 10.0 Å². The minimum Gasteiger partial charge on any atom is -0.331 e. The van der Waals surface area contributed by atoms with E-state index < -0.39 is 0 Å². The van der Waals surface area contributed by atoms with Gasteiger partial charge < -0.3 is 5.32 Å². The number of thiocarbonyl (C=S) groups is 1. The second kappa shape index (κ2) is 7.77. The van der Waals surface area contributed by atoms with E-state index in [0.29, 0.717) is 15.2 Å². The van der Waals surface area contributed by atoms with Crippen molar-refractivity contribution in [3.8, 4) is 0 Å². The third-order valence-corrected chi connectivity index (χ3v) is 4.31. The minimum atomic E-state index is 0.432. The molecule has 0 amide bonds. The summed E-state index contributed by atoms with van der Waals surface area (Å²) in [5, 5.41) is 8.90. The average Bonchev–Trinajstić information content (AvgIpc) is 2.51. The molecule has 3 nitrogen and oxygen atoms in total. The first kappa shape index (κ1) is 17.7. The van der Waals surface area contributed by atoms with Gasteiger partial charge in [0, 0.05) is 5.69 Å². The number of para-hydroxylation sites is 1. The molecule has 23 heavy (non-hydrogen) atoms. The molecule has 0 aliphatic heterocycles. The topological polar surface area (TPSA) is 36.4 Å². The largest absolute Gasteiger partial charge is 0.331 e. The van der Waals surface area contributed by atoms with Crippen LogP contribution >= 0.6 is 35.4 Å². The molecular weight excluding hydrogens is 349 g/mol. The lowest BCUT2D eigenvalue weighted by Gasteiger charge is -2.13. The van der Waals surface area contributed by atoms with E-state index in [1.807, 2.05) is 45.0 Å². The molecule has 2 aromatic rings. The molecule has 2 rings (SSSR count). The van der Waals surface area contributed by atoms with Gasteiger partial charge in [0.25, 0.3) is 0 Å². The standard InChI is InChI=1S/C17H17Cl2N3S/c1-10-5-4-6-11(2)16(10)20-17(23)22-21-12(3)13-7-8-14(18)15(19)9-13/h4-9H,1-3H3,(H2,20,22,23)/b21-12-. The molecule has 0 saturated heterocycles. The van der Waals surface area contributed by atoms with Crippen molar-refractivity contribution in [2.75, 3.05) is 5.32 Å². The molecule has 0 aromatic heterocycles. The molecule has 6 heteroatoms. The molecule has 0 aliphatic rings. The van der Waals surface area contributed by atoms with Gasteiger partial charge in [0.1, 0.15) is 0 Å². The molecule has 2 aromatic carbocycles. The summed E-state index contributed by atoms with van der Waals surface area (Å²) in [6.45, 7) is 5.93. The SMILES string of the molecule is C/C(=N/NC(=S)Nc1c(C)cccc1C)c1ccc(Cl)c(Cl)c1. The van der Waals surface area contributed by atoms with Gasteiger partial charge in [0.15, 0.2) is 5.11 Å². The zero-order valence-corrected chi connectivity index (χ0v) is 15.4. The van der Waals surface area contributed by atoms with Crippen molar-refractivity contribution in [2.45, 2.75) is 20.8 Å². The summed E-state index contributed by atoms with van der Waals surface area (Å²) in [4.78, 5) is 0. The van der Waals surface area contributed by atoms with Crippen molar-refractivity contribution < 1.29 is 0 Å². The average molecular weight is 366 g/mol. The molecule has 0 aliphatic carbocycles. The maximum absolute atomic E-state index is 6.02. The van der Waals surface area contributed by atoms with Crippen LogP contribution in [-0.2, 0) is 0 Å². The van der Waals surface area contributed by atoms with Crippen molar-refractivity contribution in [1.29, 1.82) is 0 Å². The Labute approximate surface area is 151 Å². The molecule has 0 fully saturated rings. The van der Waals surface area contributed by atoms with Gasteiger partial charge >= 0.3 is 0 Å². The first-order valence-electron chi connectivity index (χ1n) is 7.01. The monoisotopic (exact) mass is 365 g/mol. The summed E-state index contributed by atoms with van der Waals surface area (Å²) in [7, 11) is 0. The van der Waals surface area contributed by atoms with Crippen molar-refractivity contribution >= 4 is 51.9 Å². The van der Waals surface area contributed by atoms with Crippen LogP contribution in [0.1, 0.15) is 23.6 Å². The van der Waals surface area contributed by atoms with Crippen molar-refractivity contribution in [2.24, 2.45) is 5.10 Å². The van der Waals surface area contributed by atoms with Gasteiger partial charge in [-0.2, -0.15) is 5.10 Å². The first-order valence-corrected chi connectivity index (χ1v) is 8.18. The Balaban J connectivity index is 2.07. The van der Waals surface area contributed by atoms with Crippen LogP contribution in [0.15, 0.2) is 41.5 Å². The lowest BCUT2D eigenvalue weighted by atomic mass is 10.1. The number of hydrogen-bond acceptors (Lipinski definition) is 2. The van der Waals surface area contributed by atoms with E-state index in [1.54, 1.807) is 12.1 Å². The van der Waals surface area contributed by atoms with Gasteiger partial charge in [-0.25, -0.2) is 0 Å². The molecule has 0 unspecified atom stereocenters. The predicted octanol–water partition coefficient (Wildman–Crippen LogP) is 5.32. The number of benzene rings is 2. The molecule has 0 radical (unpaired) electrons. The number of rotatable bonds is 3. The Kier molecular flexibility index (Phi) is 5.99. The van der Waals surface area contributed by atoms with E-state index in [2.05, 4.69) is 15.8 Å². The van der Waals surface area contributed by atoms with Crippen LogP contribution in [0.4, 0.5) is 5.69 Å². The predicted molar refractivity (Wildman–Crippen MR) is 104 cm³/mol. The van der Waals surface area contributed by atoms with E-state index in [-0.39, 0.29) is 0 Å². The zero-order valence-electron chi connectivity index (χ0n) is 13.1. The van der Waals surface area contributed by atoms with Gasteiger partial charge in [-0.1, -0.05) is 47.5 Å². The van der Waals surface area contributed by atoms with Crippen LogP contribution in [0, 0.1) is 13.8 Å². The third-order valence-electron chi connectivity index (χ3n) is 3.38. The number of nitrogens with one attached hydrogen (secondary N) is 2. The Hall–Kier alpha value is -1.62. The maximum Gasteiger partial charge on any atom is 0.191 e. The highest BCUT2D eigenvalue weighted by Crippen LogP contribution is 2.23. The Morgan fingerprint density at radius 2 is 1.70 bits per heavy atom. The number of hydrogen-bond donors (Lipinski definition) is 2. The number of aryl methyl sites for hydroxylation is 2. The molecular formula is C17H17Cl2N3S. The molecule has 0 saturated carbocycles. The summed E-state index contributed by atoms with van der Waals surface area (Å²) in [6, 6.07) is 11.4. The Bertz CT molecular complexity index is 752. The summed E-state index contributed by atoms with van der Waals surface area (Å²) in [6.07, 6.45) is 0. The fourth-order valence-electron chi connectivity index (χ4n) is 2.07. The second-order valence-corrected chi connectivity index (χ2v) is 6.38. The first-order chi connectivity index (χ1) is 10.9. The van der Waals surface area contributed by atoms with Gasteiger partial charge in [0.05, 0.1) is 15.8 Å². The van der Waals surface area contributed by atoms with E-state index in [0.717, 1.165) is 28.1 Å². The molecule has 0 heterocycles. The fraction of sp³-hybridized carbons (Fsp3) is 0.176. The van der Waals surface area contributed by atoms with Gasteiger partial charge in [0.2, 0.25) is 0 Å². The molecule has 0 spiro atoms. The lowest BCUT2D eigenvalue weighted by molar-refractivity contribution is 1.04. The van der Waals surface area contributed by atoms with E-state index in [4.69, 9.17) is 35.4 Å². The fourth-order valence-corrected chi connectivity index (χ4v) is 2.52. The smallest absolute Gasteiger partial charge is 0.191 e. The van der Waals surface area contributed by atoms with E-state index in [1.165, 1.54) is 0 Å². The highest BCUT2D eigenvalue weighted by atomic mass is 35.5. The quantitative estimate of drug-likeness (QED) is 0.438. The number of hydrazone groups is 1. The summed E-state index contributed by atoms with van der Waals surface area (Å²) in [5.74, 6) is 0. The number of anilines is 1. The van der Waals surface area contributed by atoms with Gasteiger partial charge in [-0.3, -0.25) is 5.43 Å². The third kappa shape index (κ3) is 4.67. The highest BCUT2D eigenvalue weighted by molar-refractivity contribution is 7.80. The molecule has 0 bridgehead atoms. The van der Waals surface area contributed by atoms with Crippen molar-refractivity contribution in [3.63, 3.8) is 0 Å². The van der Waals surface area contributed by atoms with Gasteiger partial charge in [-0.15, -0.1) is 0 Å². The van der Waals surface area contributed by atoms with Crippen molar-refractivity contribution in [1.82, 2.24) is 5.43 Å². The van der Waals surface area contributed by atoms with Gasteiger partial charge in [-0.05, 0) is 61.8 Å². The molecule has 120 valence electrons. The van der Waals surface area contributed by atoms with Crippen LogP contribution in [0.25, 0.3) is 0 Å². The number of halogens is 2. The van der Waals surface area contributed by atoms with Crippen LogP contribution in [0.3, 0.4) is 0 Å². The van der Waals surface area contributed by atoms with E-state index >= 15 is 0 Å². The second-order valence-electron chi connectivity index (χ2n) is 5.16. The highest BCUT2D eigenvalue weighted by Gasteiger charge is 2.05. The molecule has 0 atom stereocenters. The van der Waals surface area contributed by atoms with Crippen molar-refractivity contribution in [3.05, 3.63) is 63.1 Å². The minimum absolute atomic E-state index is 0.432. The summed E-state index contributed by atoms with van der Waals surface area (Å²) < 4.78 is 0. The summed E-state index contributed by atoms with van der Waals surface area (Å²) >= 11 is 17.2. The number of nitrogens with zero attached hydrogens (tertiary/aromatic N) is 1. The lowest BCUT2D eigenvalue weighted by Crippen LogP contribution is -2.25. The normalized spacial score (nSPS) is 11.3. The summed E-state index contributed by atoms with van der Waals surface area (Å²) in [5.41, 5.74) is 7.73. The Morgan fingerprint density at radius 1 is 1.04 bits per heavy atom. The van der Waals surface area contributed by atoms with Crippen LogP contribution in [-0.4, -0.2) is 10.8 Å². The zero-order chi connectivity index (χ0) is 17.0. The Morgan fingerprint density at radius 3 is 2.30 bits per heavy atom. The molecule has 2 N–H and O–H groups in total. The van der Waals surface area contributed by atoms with Crippen LogP contribution in [0.5, 0.6) is 0 Å².